The average Bonchev–Trinajstić information content (AvgIpc) is 2.97. The van der Waals surface area contributed by atoms with Crippen molar-refractivity contribution in [3.05, 3.63) is 35.7 Å². The number of aryl methyl sites for hydroxylation is 1. The van der Waals surface area contributed by atoms with Gasteiger partial charge >= 0.3 is 0 Å². The Labute approximate surface area is 119 Å². The van der Waals surface area contributed by atoms with Crippen molar-refractivity contribution in [1.82, 2.24) is 19.8 Å². The van der Waals surface area contributed by atoms with Gasteiger partial charge in [0.05, 0.1) is 5.75 Å². The van der Waals surface area contributed by atoms with Gasteiger partial charge in [-0.25, -0.2) is 0 Å². The smallest absolute Gasteiger partial charge is 0.186 e. The molecule has 0 unspecified atom stereocenters. The van der Waals surface area contributed by atoms with E-state index in [0.29, 0.717) is 0 Å². The molecule has 6 heteroatoms. The molecule has 0 saturated carbocycles. The molecule has 98 valence electrons. The number of fused-ring (bicyclic) bond motifs is 1. The van der Waals surface area contributed by atoms with Gasteiger partial charge in [0.2, 0.25) is 4.96 Å². The lowest BCUT2D eigenvalue weighted by Gasteiger charge is -1.97. The topological polar surface area (TPSA) is 43.1 Å². The first-order chi connectivity index (χ1) is 9.28. The molecule has 0 N–H and O–H groups in total. The van der Waals surface area contributed by atoms with Gasteiger partial charge in [0.25, 0.3) is 0 Å². The lowest BCUT2D eigenvalue weighted by molar-refractivity contribution is 0.887. The van der Waals surface area contributed by atoms with Crippen LogP contribution in [0.1, 0.15) is 18.3 Å². The van der Waals surface area contributed by atoms with Crippen molar-refractivity contribution >= 4 is 28.1 Å². The molecule has 0 amide bonds. The first-order valence-electron chi connectivity index (χ1n) is 6.14. The highest BCUT2D eigenvalue weighted by Crippen LogP contribution is 2.26. The van der Waals surface area contributed by atoms with E-state index < -0.39 is 0 Å². The van der Waals surface area contributed by atoms with Gasteiger partial charge in [-0.3, -0.25) is 0 Å². The van der Waals surface area contributed by atoms with Crippen molar-refractivity contribution in [3.63, 3.8) is 0 Å². The van der Waals surface area contributed by atoms with Crippen LogP contribution in [0.2, 0.25) is 0 Å². The molecule has 0 atom stereocenters. The third-order valence-corrected chi connectivity index (χ3v) is 4.57. The second kappa shape index (κ2) is 5.30. The summed E-state index contributed by atoms with van der Waals surface area (Å²) in [5, 5.41) is 14.0. The Hall–Kier alpha value is -1.40. The predicted molar refractivity (Wildman–Crippen MR) is 80.7 cm³/mol. The molecule has 19 heavy (non-hydrogen) atoms. The largest absolute Gasteiger partial charge is 0.235 e. The molecule has 3 aromatic rings. The maximum absolute atomic E-state index is 4.63. The van der Waals surface area contributed by atoms with Crippen LogP contribution in [0.5, 0.6) is 0 Å². The molecule has 0 saturated heterocycles. The first kappa shape index (κ1) is 12.6. The van der Waals surface area contributed by atoms with Crippen molar-refractivity contribution in [3.8, 4) is 10.6 Å². The third kappa shape index (κ3) is 2.50. The Morgan fingerprint density at radius 1 is 1.32 bits per heavy atom. The maximum Gasteiger partial charge on any atom is 0.235 e. The predicted octanol–water partition coefficient (Wildman–Crippen LogP) is 3.41. The Morgan fingerprint density at radius 2 is 2.21 bits per heavy atom. The van der Waals surface area contributed by atoms with E-state index in [1.807, 2.05) is 16.3 Å². The number of nitrogens with zero attached hydrogens (tertiary/aromatic N) is 4. The highest BCUT2D eigenvalue weighted by molar-refractivity contribution is 7.98. The molecular weight excluding hydrogens is 276 g/mol. The van der Waals surface area contributed by atoms with Crippen molar-refractivity contribution in [2.75, 3.05) is 5.75 Å². The zero-order valence-corrected chi connectivity index (χ0v) is 12.5. The fraction of sp³-hybridized carbons (Fsp3) is 0.308. The summed E-state index contributed by atoms with van der Waals surface area (Å²) < 4.78 is 1.87. The van der Waals surface area contributed by atoms with Gasteiger partial charge in [0.15, 0.2) is 5.82 Å². The average molecular weight is 290 g/mol. The summed E-state index contributed by atoms with van der Waals surface area (Å²) >= 11 is 3.41. The van der Waals surface area contributed by atoms with Crippen LogP contribution in [0, 0.1) is 6.92 Å². The normalized spacial score (nSPS) is 11.3. The zero-order valence-electron chi connectivity index (χ0n) is 10.8. The molecule has 0 bridgehead atoms. The van der Waals surface area contributed by atoms with Gasteiger partial charge in [0, 0.05) is 5.56 Å². The summed E-state index contributed by atoms with van der Waals surface area (Å²) in [6.07, 6.45) is 0. The van der Waals surface area contributed by atoms with Gasteiger partial charge in [-0.05, 0) is 18.7 Å². The lowest BCUT2D eigenvalue weighted by Crippen LogP contribution is -1.94. The highest BCUT2D eigenvalue weighted by Gasteiger charge is 2.12. The van der Waals surface area contributed by atoms with Crippen LogP contribution >= 0.6 is 23.1 Å². The molecule has 4 nitrogen and oxygen atoms in total. The van der Waals surface area contributed by atoms with Crippen molar-refractivity contribution in [1.29, 1.82) is 0 Å². The molecule has 0 fully saturated rings. The minimum atomic E-state index is 0.856. The molecule has 0 aliphatic carbocycles. The molecule has 3 rings (SSSR count). The maximum atomic E-state index is 4.63. The molecule has 1 aromatic carbocycles. The molecule has 0 aliphatic heterocycles. The van der Waals surface area contributed by atoms with E-state index in [4.69, 9.17) is 0 Å². The zero-order chi connectivity index (χ0) is 13.2. The second-order valence-corrected chi connectivity index (χ2v) is 6.45. The van der Waals surface area contributed by atoms with Gasteiger partial charge in [-0.2, -0.15) is 21.4 Å². The fourth-order valence-corrected chi connectivity index (χ4v) is 3.26. The van der Waals surface area contributed by atoms with Crippen molar-refractivity contribution < 1.29 is 0 Å². The van der Waals surface area contributed by atoms with Crippen LogP contribution in [0.4, 0.5) is 0 Å². The van der Waals surface area contributed by atoms with E-state index in [1.165, 1.54) is 5.56 Å². The van der Waals surface area contributed by atoms with E-state index >= 15 is 0 Å². The van der Waals surface area contributed by atoms with Gasteiger partial charge < -0.3 is 0 Å². The molecule has 0 spiro atoms. The molecular formula is C13H14N4S2. The Balaban J connectivity index is 2.00. The Bertz CT molecular complexity index is 702. The van der Waals surface area contributed by atoms with E-state index in [-0.39, 0.29) is 0 Å². The molecule has 2 heterocycles. The fourth-order valence-electron chi connectivity index (χ4n) is 1.84. The van der Waals surface area contributed by atoms with Crippen LogP contribution in [0.15, 0.2) is 24.3 Å². The number of rotatable bonds is 4. The van der Waals surface area contributed by atoms with Crippen molar-refractivity contribution in [2.45, 2.75) is 19.6 Å². The van der Waals surface area contributed by atoms with Crippen molar-refractivity contribution in [2.24, 2.45) is 0 Å². The first-order valence-corrected chi connectivity index (χ1v) is 8.11. The summed E-state index contributed by atoms with van der Waals surface area (Å²) in [4.78, 5) is 0.864. The van der Waals surface area contributed by atoms with Crippen LogP contribution in [-0.4, -0.2) is 25.6 Å². The van der Waals surface area contributed by atoms with Crippen LogP contribution in [0.25, 0.3) is 15.5 Å². The Morgan fingerprint density at radius 3 is 3.00 bits per heavy atom. The standard InChI is InChI=1S/C13H14N4S2/c1-3-18-8-11-14-15-13-17(11)16-12(19-13)10-6-4-5-9(2)7-10/h4-7H,3,8H2,1-2H3. The SMILES string of the molecule is CCSCc1nnc2sc(-c3cccc(C)c3)nn12. The lowest BCUT2D eigenvalue weighted by atomic mass is 10.1. The monoisotopic (exact) mass is 290 g/mol. The summed E-state index contributed by atoms with van der Waals surface area (Å²) in [6, 6.07) is 8.37. The molecule has 2 aromatic heterocycles. The summed E-state index contributed by atoms with van der Waals surface area (Å²) in [5.41, 5.74) is 2.38. The number of hydrogen-bond acceptors (Lipinski definition) is 5. The minimum absolute atomic E-state index is 0.856. The van der Waals surface area contributed by atoms with E-state index in [9.17, 15) is 0 Å². The van der Waals surface area contributed by atoms with Gasteiger partial charge in [0.1, 0.15) is 5.01 Å². The molecule has 0 radical (unpaired) electrons. The quantitative estimate of drug-likeness (QED) is 0.738. The number of hydrogen-bond donors (Lipinski definition) is 0. The van der Waals surface area contributed by atoms with E-state index in [1.54, 1.807) is 11.3 Å². The minimum Gasteiger partial charge on any atom is -0.186 e. The van der Waals surface area contributed by atoms with E-state index in [2.05, 4.69) is 53.4 Å². The summed E-state index contributed by atoms with van der Waals surface area (Å²) in [7, 11) is 0. The van der Waals surface area contributed by atoms with E-state index in [0.717, 1.165) is 32.9 Å². The van der Waals surface area contributed by atoms with Crippen LogP contribution < -0.4 is 0 Å². The third-order valence-electron chi connectivity index (χ3n) is 2.76. The van der Waals surface area contributed by atoms with Crippen LogP contribution in [-0.2, 0) is 5.75 Å². The van der Waals surface area contributed by atoms with Crippen LogP contribution in [0.3, 0.4) is 0 Å². The second-order valence-electron chi connectivity index (χ2n) is 4.22. The highest BCUT2D eigenvalue weighted by atomic mass is 32.2. The molecule has 0 aliphatic rings. The number of benzene rings is 1. The Kier molecular flexibility index (Phi) is 3.52. The van der Waals surface area contributed by atoms with Gasteiger partial charge in [-0.1, -0.05) is 42.0 Å². The number of aromatic nitrogens is 4. The van der Waals surface area contributed by atoms with Gasteiger partial charge in [-0.15, -0.1) is 10.2 Å². The number of thioether (sulfide) groups is 1. The summed E-state index contributed by atoms with van der Waals surface area (Å²) in [6.45, 7) is 4.23. The summed E-state index contributed by atoms with van der Waals surface area (Å²) in [5.74, 6) is 2.86.